The van der Waals surface area contributed by atoms with E-state index < -0.39 is 51.8 Å². The number of phosphoric acid groups is 1. The number of hydrogen-bond donors (Lipinski definition) is 3. The molecular formula is C48H79O10P. The van der Waals surface area contributed by atoms with Gasteiger partial charge in [0, 0.05) is 12.8 Å². The Bertz CT molecular complexity index is 1300. The van der Waals surface area contributed by atoms with Crippen LogP contribution in [-0.2, 0) is 32.7 Å². The van der Waals surface area contributed by atoms with E-state index in [-0.39, 0.29) is 19.4 Å². The van der Waals surface area contributed by atoms with Crippen LogP contribution in [0.5, 0.6) is 0 Å². The van der Waals surface area contributed by atoms with E-state index in [1.165, 1.54) is 19.3 Å². The summed E-state index contributed by atoms with van der Waals surface area (Å²) in [5.74, 6) is -0.998. The third-order valence-electron chi connectivity index (χ3n) is 8.72. The standard InChI is InChI=1S/C48H79O10P/c1-3-5-7-9-11-13-15-17-19-21-22-24-25-27-29-31-33-35-37-39-47(51)55-43-46(44-57-59(53,54)56-42-45(50)41-49)58-48(52)40-38-36-34-32-30-28-26-23-20-18-16-14-12-10-8-6-4-2/h5,7,11-14,17-20,22,24,26-29,45-46,49-50H,3-4,6,8-10,15-16,21,23,25,30-44H2,1-2H3,(H,53,54)/b7-5+,13-11+,14-12+,19-17+,20-18+,24-22+,28-26+,29-27+/t45-,46+/m0/s1. The fourth-order valence-corrected chi connectivity index (χ4v) is 6.11. The molecule has 0 spiro atoms. The van der Waals surface area contributed by atoms with Gasteiger partial charge in [-0.25, -0.2) is 4.57 Å². The average Bonchev–Trinajstić information content (AvgIpc) is 3.22. The minimum absolute atomic E-state index is 0.145. The Kier molecular flexibility index (Phi) is 40.7. The van der Waals surface area contributed by atoms with Crippen LogP contribution in [0.4, 0.5) is 0 Å². The molecule has 0 amide bonds. The second-order valence-electron chi connectivity index (χ2n) is 14.3. The molecule has 0 aliphatic carbocycles. The molecule has 0 fully saturated rings. The number of aliphatic hydroxyl groups excluding tert-OH is 2. The normalized spacial score (nSPS) is 14.7. The summed E-state index contributed by atoms with van der Waals surface area (Å²) in [6.45, 7) is 2.15. The van der Waals surface area contributed by atoms with Crippen molar-refractivity contribution in [2.45, 2.75) is 167 Å². The molecule has 0 aromatic heterocycles. The van der Waals surface area contributed by atoms with Gasteiger partial charge in [-0.05, 0) is 96.3 Å². The first kappa shape index (κ1) is 55.9. The predicted octanol–water partition coefficient (Wildman–Crippen LogP) is 12.0. The Morgan fingerprint density at radius 2 is 0.932 bits per heavy atom. The van der Waals surface area contributed by atoms with Crippen molar-refractivity contribution in [3.05, 3.63) is 97.2 Å². The Morgan fingerprint density at radius 3 is 1.41 bits per heavy atom. The SMILES string of the molecule is CC/C=C/C/C=C/C/C=C/C/C=C/C/C=C/CCCCCC(=O)OC[C@H](COP(=O)(O)OC[C@@H](O)CO)OC(=O)CCCCCC/C=C/C/C=C/C/C=C/CCCCC. The van der Waals surface area contributed by atoms with Gasteiger partial charge in [-0.15, -0.1) is 0 Å². The number of allylic oxidation sites excluding steroid dienone is 16. The van der Waals surface area contributed by atoms with Gasteiger partial charge in [0.05, 0.1) is 19.8 Å². The lowest BCUT2D eigenvalue weighted by atomic mass is 10.1. The molecular weight excluding hydrogens is 767 g/mol. The third kappa shape index (κ3) is 42.8. The number of carbonyl (C=O) groups excluding carboxylic acids is 2. The van der Waals surface area contributed by atoms with Crippen molar-refractivity contribution in [3.8, 4) is 0 Å². The molecule has 0 aromatic rings. The van der Waals surface area contributed by atoms with E-state index in [2.05, 4.69) is 116 Å². The van der Waals surface area contributed by atoms with Crippen LogP contribution < -0.4 is 0 Å². The highest BCUT2D eigenvalue weighted by atomic mass is 31.2. The second kappa shape index (κ2) is 43.0. The Labute approximate surface area is 357 Å². The number of hydrogen-bond acceptors (Lipinski definition) is 9. The highest BCUT2D eigenvalue weighted by molar-refractivity contribution is 7.47. The lowest BCUT2D eigenvalue weighted by Crippen LogP contribution is -2.29. The number of esters is 2. The fraction of sp³-hybridized carbons (Fsp3) is 0.625. The monoisotopic (exact) mass is 847 g/mol. The molecule has 0 aliphatic heterocycles. The molecule has 336 valence electrons. The van der Waals surface area contributed by atoms with E-state index in [4.69, 9.17) is 19.1 Å². The number of unbranched alkanes of at least 4 members (excludes halogenated alkanes) is 10. The van der Waals surface area contributed by atoms with Gasteiger partial charge in [-0.2, -0.15) is 0 Å². The van der Waals surface area contributed by atoms with Gasteiger partial charge in [0.25, 0.3) is 0 Å². The van der Waals surface area contributed by atoms with E-state index in [1.807, 2.05) is 0 Å². The van der Waals surface area contributed by atoms with Crippen molar-refractivity contribution in [1.82, 2.24) is 0 Å². The maximum atomic E-state index is 12.6. The Balaban J connectivity index is 4.41. The van der Waals surface area contributed by atoms with Crippen LogP contribution in [0.15, 0.2) is 97.2 Å². The Hall–Kier alpha value is -3.11. The minimum Gasteiger partial charge on any atom is -0.462 e. The lowest BCUT2D eigenvalue weighted by Gasteiger charge is -2.20. The lowest BCUT2D eigenvalue weighted by molar-refractivity contribution is -0.161. The summed E-state index contributed by atoms with van der Waals surface area (Å²) in [5, 5.41) is 18.3. The number of ether oxygens (including phenoxy) is 2. The molecule has 3 atom stereocenters. The summed E-state index contributed by atoms with van der Waals surface area (Å²) < 4.78 is 32.7. The van der Waals surface area contributed by atoms with Crippen molar-refractivity contribution in [2.75, 3.05) is 26.4 Å². The summed E-state index contributed by atoms with van der Waals surface area (Å²) in [4.78, 5) is 35.0. The van der Waals surface area contributed by atoms with Gasteiger partial charge in [0.15, 0.2) is 6.10 Å². The zero-order valence-electron chi connectivity index (χ0n) is 36.4. The molecule has 0 saturated carbocycles. The maximum Gasteiger partial charge on any atom is 0.472 e. The first-order chi connectivity index (χ1) is 28.7. The third-order valence-corrected chi connectivity index (χ3v) is 9.67. The molecule has 0 aromatic carbocycles. The summed E-state index contributed by atoms with van der Waals surface area (Å²) >= 11 is 0. The summed E-state index contributed by atoms with van der Waals surface area (Å²) in [5.41, 5.74) is 0. The van der Waals surface area contributed by atoms with E-state index in [9.17, 15) is 24.2 Å². The van der Waals surface area contributed by atoms with Crippen molar-refractivity contribution >= 4 is 19.8 Å². The molecule has 1 unspecified atom stereocenters. The van der Waals surface area contributed by atoms with Gasteiger partial charge in [0.1, 0.15) is 12.7 Å². The maximum absolute atomic E-state index is 12.6. The molecule has 0 saturated heterocycles. The van der Waals surface area contributed by atoms with Crippen LogP contribution >= 0.6 is 7.82 Å². The summed E-state index contributed by atoms with van der Waals surface area (Å²) in [7, 11) is -4.64. The molecule has 0 rings (SSSR count). The van der Waals surface area contributed by atoms with Crippen LogP contribution in [-0.4, -0.2) is 65.7 Å². The predicted molar refractivity (Wildman–Crippen MR) is 242 cm³/mol. The second-order valence-corrected chi connectivity index (χ2v) is 15.8. The molecule has 59 heavy (non-hydrogen) atoms. The molecule has 0 bridgehead atoms. The van der Waals surface area contributed by atoms with E-state index in [0.717, 1.165) is 96.3 Å². The largest absolute Gasteiger partial charge is 0.472 e. The van der Waals surface area contributed by atoms with Gasteiger partial charge in [-0.1, -0.05) is 143 Å². The first-order valence-electron chi connectivity index (χ1n) is 22.2. The van der Waals surface area contributed by atoms with Crippen LogP contribution in [0, 0.1) is 0 Å². The van der Waals surface area contributed by atoms with Crippen LogP contribution in [0.25, 0.3) is 0 Å². The summed E-state index contributed by atoms with van der Waals surface area (Å²) in [6.07, 6.45) is 52.2. The number of rotatable bonds is 40. The van der Waals surface area contributed by atoms with Crippen LogP contribution in [0.1, 0.15) is 155 Å². The first-order valence-corrected chi connectivity index (χ1v) is 23.7. The zero-order valence-corrected chi connectivity index (χ0v) is 37.3. The topological polar surface area (TPSA) is 149 Å². The van der Waals surface area contributed by atoms with Crippen LogP contribution in [0.3, 0.4) is 0 Å². The van der Waals surface area contributed by atoms with Crippen LogP contribution in [0.2, 0.25) is 0 Å². The van der Waals surface area contributed by atoms with Crippen molar-refractivity contribution in [2.24, 2.45) is 0 Å². The number of carbonyl (C=O) groups is 2. The molecule has 10 nitrogen and oxygen atoms in total. The molecule has 0 heterocycles. The van der Waals surface area contributed by atoms with E-state index >= 15 is 0 Å². The van der Waals surface area contributed by atoms with Gasteiger partial charge >= 0.3 is 19.8 Å². The summed E-state index contributed by atoms with van der Waals surface area (Å²) in [6, 6.07) is 0. The minimum atomic E-state index is -4.64. The highest BCUT2D eigenvalue weighted by Crippen LogP contribution is 2.43. The molecule has 0 radical (unpaired) electrons. The molecule has 3 N–H and O–H groups in total. The molecule has 0 aliphatic rings. The van der Waals surface area contributed by atoms with E-state index in [1.54, 1.807) is 0 Å². The highest BCUT2D eigenvalue weighted by Gasteiger charge is 2.27. The number of phosphoric ester groups is 1. The van der Waals surface area contributed by atoms with E-state index in [0.29, 0.717) is 12.8 Å². The molecule has 11 heteroatoms. The van der Waals surface area contributed by atoms with Gasteiger partial charge in [0.2, 0.25) is 0 Å². The fourth-order valence-electron chi connectivity index (χ4n) is 5.32. The smallest absolute Gasteiger partial charge is 0.462 e. The van der Waals surface area contributed by atoms with Crippen molar-refractivity contribution in [3.63, 3.8) is 0 Å². The average molecular weight is 847 g/mol. The quantitative estimate of drug-likeness (QED) is 0.0235. The van der Waals surface area contributed by atoms with Crippen molar-refractivity contribution in [1.29, 1.82) is 0 Å². The van der Waals surface area contributed by atoms with Gasteiger partial charge < -0.3 is 24.6 Å². The zero-order chi connectivity index (χ0) is 43.3. The van der Waals surface area contributed by atoms with Crippen molar-refractivity contribution < 1.29 is 47.8 Å². The van der Waals surface area contributed by atoms with Gasteiger partial charge in [-0.3, -0.25) is 18.6 Å². The Morgan fingerprint density at radius 1 is 0.525 bits per heavy atom. The number of aliphatic hydroxyl groups is 2.